The lowest BCUT2D eigenvalue weighted by Crippen LogP contribution is -1.99. The van der Waals surface area contributed by atoms with Crippen LogP contribution in [0.2, 0.25) is 0 Å². The van der Waals surface area contributed by atoms with E-state index in [2.05, 4.69) is 18.0 Å². The number of ether oxygens (including phenoxy) is 1. The van der Waals surface area contributed by atoms with E-state index < -0.39 is 0 Å². The van der Waals surface area contributed by atoms with Gasteiger partial charge in [-0.1, -0.05) is 25.1 Å². The van der Waals surface area contributed by atoms with Crippen molar-refractivity contribution in [3.63, 3.8) is 0 Å². The number of nitrogens with zero attached hydrogens (tertiary/aromatic N) is 1. The first-order chi connectivity index (χ1) is 8.33. The minimum Gasteiger partial charge on any atom is -0.457 e. The van der Waals surface area contributed by atoms with Crippen molar-refractivity contribution < 1.29 is 4.74 Å². The van der Waals surface area contributed by atoms with E-state index in [1.807, 2.05) is 30.3 Å². The summed E-state index contributed by atoms with van der Waals surface area (Å²) in [6.07, 6.45) is 2.66. The second kappa shape index (κ2) is 5.46. The Bertz CT molecular complexity index is 497. The molecule has 2 N–H and O–H groups in total. The lowest BCUT2D eigenvalue weighted by molar-refractivity contribution is 0.475. The third-order valence-electron chi connectivity index (χ3n) is 2.58. The predicted molar refractivity (Wildman–Crippen MR) is 68.0 cm³/mol. The summed E-state index contributed by atoms with van der Waals surface area (Å²) in [7, 11) is 0. The molecule has 1 aromatic heterocycles. The minimum absolute atomic E-state index is 0.423. The van der Waals surface area contributed by atoms with Crippen molar-refractivity contribution in [2.75, 3.05) is 0 Å². The topological polar surface area (TPSA) is 48.1 Å². The molecule has 0 spiro atoms. The molecule has 0 unspecified atom stereocenters. The number of aromatic nitrogens is 1. The van der Waals surface area contributed by atoms with E-state index in [1.54, 1.807) is 6.20 Å². The van der Waals surface area contributed by atoms with Gasteiger partial charge in [-0.15, -0.1) is 0 Å². The highest BCUT2D eigenvalue weighted by Crippen LogP contribution is 2.25. The second-order valence-electron chi connectivity index (χ2n) is 3.75. The van der Waals surface area contributed by atoms with Gasteiger partial charge in [0.15, 0.2) is 0 Å². The van der Waals surface area contributed by atoms with Gasteiger partial charge in [0, 0.05) is 18.8 Å². The number of hydrogen-bond acceptors (Lipinski definition) is 3. The molecule has 3 heteroatoms. The minimum atomic E-state index is 0.423. The van der Waals surface area contributed by atoms with Gasteiger partial charge in [0.1, 0.15) is 11.5 Å². The maximum absolute atomic E-state index is 5.85. The highest BCUT2D eigenvalue weighted by Gasteiger charge is 2.03. The van der Waals surface area contributed by atoms with Crippen molar-refractivity contribution in [1.82, 2.24) is 4.98 Å². The SMILES string of the molecule is CCc1ccccc1Oc1ccnc(CN)c1. The number of rotatable bonds is 4. The maximum atomic E-state index is 5.85. The molecule has 2 rings (SSSR count). The lowest BCUT2D eigenvalue weighted by atomic mass is 10.1. The molecule has 1 heterocycles. The maximum Gasteiger partial charge on any atom is 0.130 e. The van der Waals surface area contributed by atoms with Crippen LogP contribution in [0.5, 0.6) is 11.5 Å². The van der Waals surface area contributed by atoms with Gasteiger partial charge in [0.25, 0.3) is 0 Å². The molecule has 17 heavy (non-hydrogen) atoms. The van der Waals surface area contributed by atoms with E-state index in [-0.39, 0.29) is 0 Å². The first-order valence-electron chi connectivity index (χ1n) is 5.74. The fourth-order valence-corrected chi connectivity index (χ4v) is 1.65. The van der Waals surface area contributed by atoms with Crippen molar-refractivity contribution in [2.24, 2.45) is 5.73 Å². The van der Waals surface area contributed by atoms with Crippen molar-refractivity contribution in [2.45, 2.75) is 19.9 Å². The van der Waals surface area contributed by atoms with Gasteiger partial charge >= 0.3 is 0 Å². The number of benzene rings is 1. The first-order valence-corrected chi connectivity index (χ1v) is 5.74. The Morgan fingerprint density at radius 1 is 1.24 bits per heavy atom. The monoisotopic (exact) mass is 228 g/mol. The molecule has 0 radical (unpaired) electrons. The van der Waals surface area contributed by atoms with Gasteiger partial charge in [-0.05, 0) is 24.1 Å². The van der Waals surface area contributed by atoms with Gasteiger partial charge in [-0.25, -0.2) is 0 Å². The molecule has 0 amide bonds. The molecule has 2 aromatic rings. The zero-order valence-corrected chi connectivity index (χ0v) is 9.89. The third-order valence-corrected chi connectivity index (χ3v) is 2.58. The van der Waals surface area contributed by atoms with Crippen molar-refractivity contribution >= 4 is 0 Å². The summed E-state index contributed by atoms with van der Waals surface area (Å²) in [6, 6.07) is 11.7. The van der Waals surface area contributed by atoms with Crippen molar-refractivity contribution in [3.8, 4) is 11.5 Å². The fourth-order valence-electron chi connectivity index (χ4n) is 1.65. The molecule has 0 aliphatic heterocycles. The Morgan fingerprint density at radius 3 is 2.82 bits per heavy atom. The van der Waals surface area contributed by atoms with Crippen LogP contribution in [0.3, 0.4) is 0 Å². The lowest BCUT2D eigenvalue weighted by Gasteiger charge is -2.10. The van der Waals surface area contributed by atoms with E-state index in [4.69, 9.17) is 10.5 Å². The predicted octanol–water partition coefficient (Wildman–Crippen LogP) is 2.90. The van der Waals surface area contributed by atoms with Crippen LogP contribution in [0, 0.1) is 0 Å². The van der Waals surface area contributed by atoms with E-state index in [0.717, 1.165) is 23.6 Å². The molecule has 3 nitrogen and oxygen atoms in total. The summed E-state index contributed by atoms with van der Waals surface area (Å²) < 4.78 is 5.85. The number of nitrogens with two attached hydrogens (primary N) is 1. The molecule has 0 atom stereocenters. The Balaban J connectivity index is 2.24. The van der Waals surface area contributed by atoms with Crippen LogP contribution in [0.1, 0.15) is 18.2 Å². The van der Waals surface area contributed by atoms with Crippen LogP contribution in [0.15, 0.2) is 42.6 Å². The van der Waals surface area contributed by atoms with Gasteiger partial charge < -0.3 is 10.5 Å². The van der Waals surface area contributed by atoms with Crippen molar-refractivity contribution in [3.05, 3.63) is 53.9 Å². The number of aryl methyl sites for hydroxylation is 1. The van der Waals surface area contributed by atoms with E-state index in [9.17, 15) is 0 Å². The van der Waals surface area contributed by atoms with E-state index in [1.165, 1.54) is 5.56 Å². The Morgan fingerprint density at radius 2 is 2.06 bits per heavy atom. The van der Waals surface area contributed by atoms with E-state index >= 15 is 0 Å². The quantitative estimate of drug-likeness (QED) is 0.875. The summed E-state index contributed by atoms with van der Waals surface area (Å²) in [5.41, 5.74) is 7.57. The van der Waals surface area contributed by atoms with Crippen LogP contribution in [-0.2, 0) is 13.0 Å². The van der Waals surface area contributed by atoms with Gasteiger partial charge in [-0.2, -0.15) is 0 Å². The Hall–Kier alpha value is -1.87. The summed E-state index contributed by atoms with van der Waals surface area (Å²) in [6.45, 7) is 2.53. The summed E-state index contributed by atoms with van der Waals surface area (Å²) in [5, 5.41) is 0. The molecular formula is C14H16N2O. The number of para-hydroxylation sites is 1. The average Bonchev–Trinajstić information content (AvgIpc) is 2.39. The molecule has 0 saturated heterocycles. The van der Waals surface area contributed by atoms with Crippen LogP contribution in [0.25, 0.3) is 0 Å². The Labute approximate surface area is 101 Å². The molecule has 88 valence electrons. The summed E-state index contributed by atoms with van der Waals surface area (Å²) in [5.74, 6) is 1.67. The Kier molecular flexibility index (Phi) is 3.73. The normalized spacial score (nSPS) is 10.2. The van der Waals surface area contributed by atoms with E-state index in [0.29, 0.717) is 6.54 Å². The average molecular weight is 228 g/mol. The largest absolute Gasteiger partial charge is 0.457 e. The molecule has 0 fully saturated rings. The zero-order valence-electron chi connectivity index (χ0n) is 9.89. The molecule has 1 aromatic carbocycles. The molecule has 0 aliphatic rings. The summed E-state index contributed by atoms with van der Waals surface area (Å²) in [4.78, 5) is 4.14. The highest BCUT2D eigenvalue weighted by atomic mass is 16.5. The van der Waals surface area contributed by atoms with Crippen LogP contribution in [0.4, 0.5) is 0 Å². The molecule has 0 saturated carbocycles. The molecular weight excluding hydrogens is 212 g/mol. The second-order valence-corrected chi connectivity index (χ2v) is 3.75. The molecule has 0 aliphatic carbocycles. The smallest absolute Gasteiger partial charge is 0.130 e. The third kappa shape index (κ3) is 2.82. The number of hydrogen-bond donors (Lipinski definition) is 1. The molecule has 0 bridgehead atoms. The van der Waals surface area contributed by atoms with Crippen LogP contribution >= 0.6 is 0 Å². The van der Waals surface area contributed by atoms with Crippen LogP contribution in [-0.4, -0.2) is 4.98 Å². The van der Waals surface area contributed by atoms with Gasteiger partial charge in [0.2, 0.25) is 0 Å². The zero-order chi connectivity index (χ0) is 12.1. The van der Waals surface area contributed by atoms with Crippen molar-refractivity contribution in [1.29, 1.82) is 0 Å². The summed E-state index contributed by atoms with van der Waals surface area (Å²) >= 11 is 0. The standard InChI is InChI=1S/C14H16N2O/c1-2-11-5-3-4-6-14(11)17-13-7-8-16-12(9-13)10-15/h3-9H,2,10,15H2,1H3. The van der Waals surface area contributed by atoms with Crippen LogP contribution < -0.4 is 10.5 Å². The first kappa shape index (κ1) is 11.6. The fraction of sp³-hybridized carbons (Fsp3) is 0.214. The van der Waals surface area contributed by atoms with Gasteiger partial charge in [-0.3, -0.25) is 4.98 Å². The number of pyridine rings is 1. The highest BCUT2D eigenvalue weighted by molar-refractivity contribution is 5.37. The van der Waals surface area contributed by atoms with Gasteiger partial charge in [0.05, 0.1) is 5.69 Å².